The molecule has 1 aromatic carbocycles. The van der Waals surface area contributed by atoms with Crippen LogP contribution < -0.4 is 5.56 Å². The molecule has 0 aliphatic heterocycles. The molecule has 0 aliphatic rings. The number of carbonyl (C=O) groups excluding carboxylic acids is 1. The molecule has 2 heterocycles. The molecule has 0 bridgehead atoms. The molecule has 142 valence electrons. The number of ether oxygens (including phenoxy) is 2. The van der Waals surface area contributed by atoms with Gasteiger partial charge < -0.3 is 9.47 Å². The van der Waals surface area contributed by atoms with Crippen molar-refractivity contribution in [3.05, 3.63) is 63.0 Å². The highest BCUT2D eigenvalue weighted by atomic mass is 32.1. The molecule has 0 saturated carbocycles. The van der Waals surface area contributed by atoms with Crippen LogP contribution in [-0.2, 0) is 27.3 Å². The van der Waals surface area contributed by atoms with Crippen molar-refractivity contribution in [1.29, 1.82) is 0 Å². The zero-order chi connectivity index (χ0) is 19.2. The molecule has 0 N–H and O–H groups in total. The molecule has 0 saturated heterocycles. The highest BCUT2D eigenvalue weighted by Crippen LogP contribution is 2.21. The van der Waals surface area contributed by atoms with Gasteiger partial charge in [-0.3, -0.25) is 9.59 Å². The standard InChI is InChI=1S/C19H21N3O4S/c1-3-15(13-7-5-4-6-8-13)18(24)26-12-14-11-17(23)22-19(20-14)27-16(21-22)9-10-25-2/h4-8,11,15H,3,9-10,12H2,1-2H3/t15-/m1/s1. The van der Waals surface area contributed by atoms with Crippen molar-refractivity contribution in [1.82, 2.24) is 14.6 Å². The van der Waals surface area contributed by atoms with Crippen molar-refractivity contribution in [2.45, 2.75) is 32.3 Å². The van der Waals surface area contributed by atoms with Crippen molar-refractivity contribution in [3.63, 3.8) is 0 Å². The van der Waals surface area contributed by atoms with Crippen LogP contribution in [0.2, 0.25) is 0 Å². The van der Waals surface area contributed by atoms with Crippen LogP contribution in [0.5, 0.6) is 0 Å². The van der Waals surface area contributed by atoms with Gasteiger partial charge in [-0.15, -0.1) is 0 Å². The van der Waals surface area contributed by atoms with Gasteiger partial charge in [-0.05, 0) is 12.0 Å². The summed E-state index contributed by atoms with van der Waals surface area (Å²) >= 11 is 1.33. The van der Waals surface area contributed by atoms with Gasteiger partial charge in [0.2, 0.25) is 4.96 Å². The fraction of sp³-hybridized carbons (Fsp3) is 0.368. The number of aromatic nitrogens is 3. The Morgan fingerprint density at radius 1 is 1.30 bits per heavy atom. The maximum absolute atomic E-state index is 12.5. The van der Waals surface area contributed by atoms with Gasteiger partial charge in [0.15, 0.2) is 0 Å². The second-order valence-electron chi connectivity index (χ2n) is 6.00. The number of rotatable bonds is 8. The van der Waals surface area contributed by atoms with Crippen molar-refractivity contribution < 1.29 is 14.3 Å². The summed E-state index contributed by atoms with van der Waals surface area (Å²) in [6.45, 7) is 2.42. The van der Waals surface area contributed by atoms with Crippen LogP contribution >= 0.6 is 11.3 Å². The van der Waals surface area contributed by atoms with Gasteiger partial charge in [0, 0.05) is 19.6 Å². The first-order valence-electron chi connectivity index (χ1n) is 8.71. The van der Waals surface area contributed by atoms with Crippen molar-refractivity contribution in [2.75, 3.05) is 13.7 Å². The van der Waals surface area contributed by atoms with Gasteiger partial charge >= 0.3 is 5.97 Å². The molecule has 27 heavy (non-hydrogen) atoms. The predicted molar refractivity (Wildman–Crippen MR) is 102 cm³/mol. The van der Waals surface area contributed by atoms with Gasteiger partial charge in [0.05, 0.1) is 18.2 Å². The van der Waals surface area contributed by atoms with Crippen LogP contribution in [0, 0.1) is 0 Å². The first-order valence-corrected chi connectivity index (χ1v) is 9.53. The van der Waals surface area contributed by atoms with E-state index in [4.69, 9.17) is 9.47 Å². The van der Waals surface area contributed by atoms with E-state index < -0.39 is 0 Å². The van der Waals surface area contributed by atoms with Crippen LogP contribution in [0.25, 0.3) is 4.96 Å². The van der Waals surface area contributed by atoms with E-state index in [1.807, 2.05) is 37.3 Å². The quantitative estimate of drug-likeness (QED) is 0.553. The molecule has 0 unspecified atom stereocenters. The molecule has 1 atom stereocenters. The number of methoxy groups -OCH3 is 1. The SMILES string of the molecule is CC[C@@H](C(=O)OCc1cc(=O)n2nc(CCOC)sc2n1)c1ccccc1. The molecular weight excluding hydrogens is 366 g/mol. The number of nitrogens with zero attached hydrogens (tertiary/aromatic N) is 3. The Labute approximate surface area is 160 Å². The van der Waals surface area contributed by atoms with Crippen molar-refractivity contribution in [3.8, 4) is 0 Å². The topological polar surface area (TPSA) is 82.8 Å². The number of fused-ring (bicyclic) bond motifs is 1. The van der Waals surface area contributed by atoms with Crippen LogP contribution in [0.1, 0.15) is 35.5 Å². The molecule has 0 spiro atoms. The highest BCUT2D eigenvalue weighted by molar-refractivity contribution is 7.16. The van der Waals surface area contributed by atoms with Gasteiger partial charge in [-0.2, -0.15) is 9.61 Å². The largest absolute Gasteiger partial charge is 0.459 e. The Kier molecular flexibility index (Phi) is 6.31. The summed E-state index contributed by atoms with van der Waals surface area (Å²) < 4.78 is 11.7. The third-order valence-electron chi connectivity index (χ3n) is 4.12. The van der Waals surface area contributed by atoms with Crippen LogP contribution in [0.3, 0.4) is 0 Å². The van der Waals surface area contributed by atoms with Crippen molar-refractivity contribution >= 4 is 22.3 Å². The van der Waals surface area contributed by atoms with E-state index in [-0.39, 0.29) is 24.1 Å². The lowest BCUT2D eigenvalue weighted by atomic mass is 9.97. The summed E-state index contributed by atoms with van der Waals surface area (Å²) in [7, 11) is 1.61. The monoisotopic (exact) mass is 387 g/mol. The minimum Gasteiger partial charge on any atom is -0.459 e. The Bertz CT molecular complexity index is 968. The van der Waals surface area contributed by atoms with E-state index >= 15 is 0 Å². The van der Waals surface area contributed by atoms with Crippen LogP contribution in [0.4, 0.5) is 0 Å². The minimum atomic E-state index is -0.333. The van der Waals surface area contributed by atoms with Gasteiger partial charge in [-0.25, -0.2) is 4.98 Å². The average molecular weight is 387 g/mol. The van der Waals surface area contributed by atoms with E-state index in [9.17, 15) is 9.59 Å². The first kappa shape index (κ1) is 19.2. The Morgan fingerprint density at radius 3 is 2.78 bits per heavy atom. The Morgan fingerprint density at radius 2 is 2.07 bits per heavy atom. The third kappa shape index (κ3) is 4.58. The van der Waals surface area contributed by atoms with Gasteiger partial charge in [0.25, 0.3) is 5.56 Å². The summed E-state index contributed by atoms with van der Waals surface area (Å²) in [6.07, 6.45) is 1.25. The summed E-state index contributed by atoms with van der Waals surface area (Å²) in [5.74, 6) is -0.657. The molecule has 0 amide bonds. The maximum atomic E-state index is 12.5. The Hall–Kier alpha value is -2.58. The molecule has 8 heteroatoms. The van der Waals surface area contributed by atoms with E-state index in [0.29, 0.717) is 30.1 Å². The fourth-order valence-corrected chi connectivity index (χ4v) is 3.63. The Balaban J connectivity index is 1.72. The van der Waals surface area contributed by atoms with Gasteiger partial charge in [-0.1, -0.05) is 48.6 Å². The number of benzene rings is 1. The summed E-state index contributed by atoms with van der Waals surface area (Å²) in [4.78, 5) is 29.6. The lowest BCUT2D eigenvalue weighted by Gasteiger charge is -2.14. The molecule has 0 fully saturated rings. The summed E-state index contributed by atoms with van der Waals surface area (Å²) in [5.41, 5.74) is 1.04. The number of carbonyl (C=O) groups is 1. The van der Waals surface area contributed by atoms with E-state index in [0.717, 1.165) is 10.6 Å². The number of hydrogen-bond donors (Lipinski definition) is 0. The first-order chi connectivity index (χ1) is 13.1. The van der Waals surface area contributed by atoms with Gasteiger partial charge in [0.1, 0.15) is 11.6 Å². The molecule has 7 nitrogen and oxygen atoms in total. The predicted octanol–water partition coefficient (Wildman–Crippen LogP) is 2.58. The molecule has 3 rings (SSSR count). The molecule has 3 aromatic rings. The second-order valence-corrected chi connectivity index (χ2v) is 7.04. The summed E-state index contributed by atoms with van der Waals surface area (Å²) in [6, 6.07) is 10.9. The maximum Gasteiger partial charge on any atom is 0.313 e. The normalized spacial score (nSPS) is 12.2. The zero-order valence-electron chi connectivity index (χ0n) is 15.3. The van der Waals surface area contributed by atoms with Crippen LogP contribution in [0.15, 0.2) is 41.2 Å². The second kappa shape index (κ2) is 8.88. The molecule has 2 aromatic heterocycles. The molecule has 0 radical (unpaired) electrons. The lowest BCUT2D eigenvalue weighted by molar-refractivity contribution is -0.147. The smallest absolute Gasteiger partial charge is 0.313 e. The number of hydrogen-bond acceptors (Lipinski definition) is 7. The van der Waals surface area contributed by atoms with E-state index in [1.165, 1.54) is 21.9 Å². The third-order valence-corrected chi connectivity index (χ3v) is 5.09. The van der Waals surface area contributed by atoms with E-state index in [2.05, 4.69) is 10.1 Å². The summed E-state index contributed by atoms with van der Waals surface area (Å²) in [5, 5.41) is 5.01. The zero-order valence-corrected chi connectivity index (χ0v) is 16.1. The van der Waals surface area contributed by atoms with E-state index in [1.54, 1.807) is 7.11 Å². The molecular formula is C19H21N3O4S. The minimum absolute atomic E-state index is 0.0424. The highest BCUT2D eigenvalue weighted by Gasteiger charge is 2.20. The average Bonchev–Trinajstić information content (AvgIpc) is 3.10. The fourth-order valence-electron chi connectivity index (χ4n) is 2.73. The van der Waals surface area contributed by atoms with Crippen LogP contribution in [-0.4, -0.2) is 34.3 Å². The van der Waals surface area contributed by atoms with Crippen molar-refractivity contribution in [2.24, 2.45) is 0 Å². The number of esters is 1. The lowest BCUT2D eigenvalue weighted by Crippen LogP contribution is -2.19. The molecule has 0 aliphatic carbocycles.